The van der Waals surface area contributed by atoms with Gasteiger partial charge in [0.25, 0.3) is 0 Å². The summed E-state index contributed by atoms with van der Waals surface area (Å²) in [4.78, 5) is 10.9. The smallest absolute Gasteiger partial charge is 0.336 e. The predicted molar refractivity (Wildman–Crippen MR) is 57.0 cm³/mol. The lowest BCUT2D eigenvalue weighted by Crippen LogP contribution is -2.01. The second-order valence-electron chi connectivity index (χ2n) is 2.78. The zero-order chi connectivity index (χ0) is 11.3. The molecule has 0 bridgehead atoms. The van der Waals surface area contributed by atoms with E-state index in [1.165, 1.54) is 12.2 Å². The molecule has 0 aliphatic rings. The molecule has 0 aromatic heterocycles. The molecule has 0 amide bonds. The molecule has 0 fully saturated rings. The first-order valence-corrected chi connectivity index (χ1v) is 4.26. The molecule has 0 heterocycles. The number of carbonyl (C=O) groups is 1. The molecule has 0 unspecified atom stereocenters. The minimum atomic E-state index is -1.07. The zero-order valence-electron chi connectivity index (χ0n) is 7.97. The Hall–Kier alpha value is -2.34. The average molecular weight is 199 g/mol. The van der Waals surface area contributed by atoms with Crippen LogP contribution in [0.25, 0.3) is 5.57 Å². The Morgan fingerprint density at radius 2 is 2.13 bits per heavy atom. The summed E-state index contributed by atoms with van der Waals surface area (Å²) >= 11 is 0. The molecular formula is C12H9NO2. The Morgan fingerprint density at radius 1 is 1.47 bits per heavy atom. The van der Waals surface area contributed by atoms with E-state index < -0.39 is 5.97 Å². The third kappa shape index (κ3) is 2.32. The molecule has 3 heteroatoms. The lowest BCUT2D eigenvalue weighted by Gasteiger charge is -2.03. The van der Waals surface area contributed by atoms with Gasteiger partial charge in [-0.3, -0.25) is 0 Å². The summed E-state index contributed by atoms with van der Waals surface area (Å²) < 4.78 is 0. The molecule has 1 aromatic rings. The van der Waals surface area contributed by atoms with Crippen molar-refractivity contribution in [1.29, 1.82) is 5.26 Å². The number of hydrogen-bond acceptors (Lipinski definition) is 2. The number of carboxylic acids is 1. The van der Waals surface area contributed by atoms with Gasteiger partial charge in [-0.15, -0.1) is 0 Å². The van der Waals surface area contributed by atoms with Crippen molar-refractivity contribution in [3.8, 4) is 6.07 Å². The second kappa shape index (κ2) is 4.77. The normalized spacial score (nSPS) is 10.5. The van der Waals surface area contributed by atoms with Gasteiger partial charge < -0.3 is 5.11 Å². The van der Waals surface area contributed by atoms with Crippen molar-refractivity contribution < 1.29 is 9.90 Å². The van der Waals surface area contributed by atoms with Gasteiger partial charge in [0.2, 0.25) is 0 Å². The molecule has 0 saturated carbocycles. The van der Waals surface area contributed by atoms with Gasteiger partial charge in [0.05, 0.1) is 17.2 Å². The average Bonchev–Trinajstić information content (AvgIpc) is 2.25. The highest BCUT2D eigenvalue weighted by Gasteiger charge is 2.12. The van der Waals surface area contributed by atoms with Gasteiger partial charge in [0.1, 0.15) is 0 Å². The first-order valence-electron chi connectivity index (χ1n) is 4.26. The summed E-state index contributed by atoms with van der Waals surface area (Å²) in [6.07, 6.45) is 2.76. The molecule has 1 aromatic carbocycles. The Labute approximate surface area is 87.6 Å². The monoisotopic (exact) mass is 199 g/mol. The van der Waals surface area contributed by atoms with E-state index in [2.05, 4.69) is 6.58 Å². The van der Waals surface area contributed by atoms with Crippen molar-refractivity contribution in [1.82, 2.24) is 0 Å². The summed E-state index contributed by atoms with van der Waals surface area (Å²) in [5.41, 5.74) is 0.822. The van der Waals surface area contributed by atoms with Crippen molar-refractivity contribution >= 4 is 11.5 Å². The molecule has 3 nitrogen and oxygen atoms in total. The molecule has 0 atom stereocenters. The Kier molecular flexibility index (Phi) is 3.42. The first kappa shape index (κ1) is 10.7. The molecule has 15 heavy (non-hydrogen) atoms. The lowest BCUT2D eigenvalue weighted by molar-refractivity contribution is -0.130. The Balaban J connectivity index is 3.36. The third-order valence-corrected chi connectivity index (χ3v) is 1.85. The van der Waals surface area contributed by atoms with Crippen LogP contribution in [0.5, 0.6) is 0 Å². The second-order valence-corrected chi connectivity index (χ2v) is 2.78. The molecule has 0 aliphatic carbocycles. The van der Waals surface area contributed by atoms with Crippen LogP contribution >= 0.6 is 0 Å². The van der Waals surface area contributed by atoms with Crippen LogP contribution in [0.1, 0.15) is 11.1 Å². The SMILES string of the molecule is C=CC=C(C(=O)O)c1ccccc1C#N. The van der Waals surface area contributed by atoms with E-state index in [9.17, 15) is 4.79 Å². The minimum absolute atomic E-state index is 0.0714. The number of nitriles is 1. The van der Waals surface area contributed by atoms with Gasteiger partial charge in [0, 0.05) is 5.56 Å². The lowest BCUT2D eigenvalue weighted by atomic mass is 10.0. The van der Waals surface area contributed by atoms with Crippen LogP contribution in [0, 0.1) is 11.3 Å². The molecule has 0 saturated heterocycles. The van der Waals surface area contributed by atoms with Crippen LogP contribution in [-0.4, -0.2) is 11.1 Å². The molecule has 0 spiro atoms. The van der Waals surface area contributed by atoms with E-state index in [0.29, 0.717) is 11.1 Å². The van der Waals surface area contributed by atoms with Gasteiger partial charge >= 0.3 is 5.97 Å². The largest absolute Gasteiger partial charge is 0.478 e. The van der Waals surface area contributed by atoms with E-state index in [0.717, 1.165) is 0 Å². The zero-order valence-corrected chi connectivity index (χ0v) is 7.97. The number of hydrogen-bond donors (Lipinski definition) is 1. The number of aliphatic carboxylic acids is 1. The van der Waals surface area contributed by atoms with Gasteiger partial charge in [-0.2, -0.15) is 5.26 Å². The van der Waals surface area contributed by atoms with Crippen LogP contribution in [-0.2, 0) is 4.79 Å². The third-order valence-electron chi connectivity index (χ3n) is 1.85. The van der Waals surface area contributed by atoms with E-state index in [4.69, 9.17) is 10.4 Å². The molecule has 0 radical (unpaired) electrons. The number of rotatable bonds is 3. The number of benzene rings is 1. The number of nitrogens with zero attached hydrogens (tertiary/aromatic N) is 1. The van der Waals surface area contributed by atoms with E-state index >= 15 is 0 Å². The standard InChI is InChI=1S/C12H9NO2/c1-2-5-11(12(14)15)10-7-4-3-6-9(10)8-13/h2-7H,1H2,(H,14,15). The maximum absolute atomic E-state index is 10.9. The predicted octanol–water partition coefficient (Wildman–Crippen LogP) is 2.21. The molecular weight excluding hydrogens is 190 g/mol. The van der Waals surface area contributed by atoms with Crippen molar-refractivity contribution in [2.24, 2.45) is 0 Å². The van der Waals surface area contributed by atoms with Gasteiger partial charge in [-0.05, 0) is 12.1 Å². The van der Waals surface area contributed by atoms with E-state index in [1.54, 1.807) is 24.3 Å². The fourth-order valence-corrected chi connectivity index (χ4v) is 1.21. The molecule has 1 rings (SSSR count). The summed E-state index contributed by atoms with van der Waals surface area (Å²) in [7, 11) is 0. The molecule has 1 N–H and O–H groups in total. The van der Waals surface area contributed by atoms with Crippen LogP contribution in [0.3, 0.4) is 0 Å². The van der Waals surface area contributed by atoms with E-state index in [-0.39, 0.29) is 5.57 Å². The van der Waals surface area contributed by atoms with Crippen molar-refractivity contribution in [2.45, 2.75) is 0 Å². The van der Waals surface area contributed by atoms with Crippen molar-refractivity contribution in [2.75, 3.05) is 0 Å². The highest BCUT2D eigenvalue weighted by atomic mass is 16.4. The maximum Gasteiger partial charge on any atom is 0.336 e. The van der Waals surface area contributed by atoms with Crippen LogP contribution in [0.15, 0.2) is 43.0 Å². The molecule has 0 aliphatic heterocycles. The minimum Gasteiger partial charge on any atom is -0.478 e. The number of allylic oxidation sites excluding steroid dienone is 2. The quantitative estimate of drug-likeness (QED) is 0.599. The highest BCUT2D eigenvalue weighted by Crippen LogP contribution is 2.18. The summed E-state index contributed by atoms with van der Waals surface area (Å²) in [5, 5.41) is 17.8. The van der Waals surface area contributed by atoms with Crippen molar-refractivity contribution in [3.05, 3.63) is 54.1 Å². The van der Waals surface area contributed by atoms with Crippen LogP contribution < -0.4 is 0 Å². The topological polar surface area (TPSA) is 61.1 Å². The van der Waals surface area contributed by atoms with Gasteiger partial charge in [-0.1, -0.05) is 30.9 Å². The summed E-state index contributed by atoms with van der Waals surface area (Å²) in [6.45, 7) is 3.44. The van der Waals surface area contributed by atoms with Crippen molar-refractivity contribution in [3.63, 3.8) is 0 Å². The Bertz CT molecular complexity index is 467. The van der Waals surface area contributed by atoms with Gasteiger partial charge in [0.15, 0.2) is 0 Å². The fourth-order valence-electron chi connectivity index (χ4n) is 1.21. The summed E-state index contributed by atoms with van der Waals surface area (Å²) in [5.74, 6) is -1.07. The number of carboxylic acid groups (broad SMARTS) is 1. The van der Waals surface area contributed by atoms with E-state index in [1.807, 2.05) is 6.07 Å². The van der Waals surface area contributed by atoms with Crippen LogP contribution in [0.2, 0.25) is 0 Å². The van der Waals surface area contributed by atoms with Crippen LogP contribution in [0.4, 0.5) is 0 Å². The highest BCUT2D eigenvalue weighted by molar-refractivity contribution is 6.16. The summed E-state index contributed by atoms with van der Waals surface area (Å²) in [6, 6.07) is 8.51. The fraction of sp³-hybridized carbons (Fsp3) is 0. The first-order chi connectivity index (χ1) is 7.20. The maximum atomic E-state index is 10.9. The Morgan fingerprint density at radius 3 is 2.67 bits per heavy atom. The van der Waals surface area contributed by atoms with Gasteiger partial charge in [-0.25, -0.2) is 4.79 Å². The molecule has 74 valence electrons.